The topological polar surface area (TPSA) is 72.6 Å². The van der Waals surface area contributed by atoms with Crippen molar-refractivity contribution in [1.29, 1.82) is 0 Å². The molecule has 3 N–H and O–H groups in total. The molecule has 0 heterocycles. The Labute approximate surface area is 99.2 Å². The molecule has 94 valence electrons. The number of carbonyl (C=O) groups is 1. The van der Waals surface area contributed by atoms with Crippen LogP contribution in [0.3, 0.4) is 0 Å². The first-order valence-electron chi connectivity index (χ1n) is 5.48. The maximum Gasteiger partial charge on any atom is 0.340 e. The number of benzene rings is 1. The van der Waals surface area contributed by atoms with Gasteiger partial charge in [-0.05, 0) is 37.5 Å². The summed E-state index contributed by atoms with van der Waals surface area (Å²) in [6, 6.07) is 3.56. The summed E-state index contributed by atoms with van der Waals surface area (Å²) in [6.07, 6.45) is 2.17. The number of anilines is 1. The fourth-order valence-electron chi connectivity index (χ4n) is 1.35. The van der Waals surface area contributed by atoms with Gasteiger partial charge in [0.25, 0.3) is 0 Å². The van der Waals surface area contributed by atoms with Crippen molar-refractivity contribution in [3.05, 3.63) is 29.6 Å². The predicted octanol–water partition coefficient (Wildman–Crippen LogP) is 1.73. The highest BCUT2D eigenvalue weighted by molar-refractivity contribution is 5.94. The van der Waals surface area contributed by atoms with Gasteiger partial charge < -0.3 is 15.6 Å². The lowest BCUT2D eigenvalue weighted by Crippen LogP contribution is -2.09. The number of rotatable bonds is 6. The molecule has 0 fully saturated rings. The minimum absolute atomic E-state index is 0.0744. The van der Waals surface area contributed by atoms with Crippen LogP contribution in [0.5, 0.6) is 0 Å². The average molecular weight is 241 g/mol. The molecule has 0 atom stereocenters. The molecule has 0 spiro atoms. The molecule has 0 aliphatic carbocycles. The number of halogens is 1. The first-order chi connectivity index (χ1) is 8.15. The Morgan fingerprint density at radius 2 is 2.12 bits per heavy atom. The van der Waals surface area contributed by atoms with Gasteiger partial charge in [-0.2, -0.15) is 0 Å². The molecule has 1 aromatic rings. The van der Waals surface area contributed by atoms with E-state index in [2.05, 4.69) is 0 Å². The van der Waals surface area contributed by atoms with Gasteiger partial charge in [0, 0.05) is 12.3 Å². The van der Waals surface area contributed by atoms with E-state index in [1.54, 1.807) is 0 Å². The third kappa shape index (κ3) is 4.40. The van der Waals surface area contributed by atoms with Crippen molar-refractivity contribution in [3.8, 4) is 0 Å². The number of aliphatic hydroxyl groups excluding tert-OH is 1. The number of unbranched alkanes of at least 4 members (excludes halogenated alkanes) is 2. The average Bonchev–Trinajstić information content (AvgIpc) is 2.28. The lowest BCUT2D eigenvalue weighted by molar-refractivity contribution is 0.0498. The van der Waals surface area contributed by atoms with Crippen LogP contribution in [-0.2, 0) is 4.74 Å². The molecule has 0 unspecified atom stereocenters. The first-order valence-corrected chi connectivity index (χ1v) is 5.48. The standard InChI is InChI=1S/C12H16FNO3/c13-9-4-5-10(11(14)8-9)12(16)17-7-3-1-2-6-15/h4-5,8,15H,1-3,6-7,14H2. The summed E-state index contributed by atoms with van der Waals surface area (Å²) in [6.45, 7) is 0.411. The number of hydrogen-bond donors (Lipinski definition) is 2. The summed E-state index contributed by atoms with van der Waals surface area (Å²) in [7, 11) is 0. The molecule has 1 rings (SSSR count). The van der Waals surface area contributed by atoms with E-state index >= 15 is 0 Å². The zero-order valence-corrected chi connectivity index (χ0v) is 9.49. The van der Waals surface area contributed by atoms with Crippen LogP contribution in [0, 0.1) is 5.82 Å². The number of esters is 1. The maximum atomic E-state index is 12.7. The quantitative estimate of drug-likeness (QED) is 0.452. The summed E-state index contributed by atoms with van der Waals surface area (Å²) in [5.74, 6) is -1.03. The van der Waals surface area contributed by atoms with Crippen LogP contribution in [0.15, 0.2) is 18.2 Å². The van der Waals surface area contributed by atoms with Gasteiger partial charge in [-0.15, -0.1) is 0 Å². The van der Waals surface area contributed by atoms with Crippen molar-refractivity contribution in [3.63, 3.8) is 0 Å². The summed E-state index contributed by atoms with van der Waals surface area (Å²) in [4.78, 5) is 11.5. The van der Waals surface area contributed by atoms with E-state index in [9.17, 15) is 9.18 Å². The molecule has 0 bridgehead atoms. The van der Waals surface area contributed by atoms with E-state index < -0.39 is 11.8 Å². The zero-order valence-electron chi connectivity index (χ0n) is 9.49. The van der Waals surface area contributed by atoms with Crippen molar-refractivity contribution in [2.45, 2.75) is 19.3 Å². The van der Waals surface area contributed by atoms with Crippen molar-refractivity contribution >= 4 is 11.7 Å². The predicted molar refractivity (Wildman–Crippen MR) is 62.0 cm³/mol. The molecular formula is C12H16FNO3. The smallest absolute Gasteiger partial charge is 0.340 e. The van der Waals surface area contributed by atoms with Crippen LogP contribution in [0.2, 0.25) is 0 Å². The minimum Gasteiger partial charge on any atom is -0.462 e. The van der Waals surface area contributed by atoms with Crippen LogP contribution in [-0.4, -0.2) is 24.3 Å². The third-order valence-corrected chi connectivity index (χ3v) is 2.27. The molecule has 1 aromatic carbocycles. The van der Waals surface area contributed by atoms with E-state index in [0.717, 1.165) is 12.5 Å². The minimum atomic E-state index is -0.550. The Balaban J connectivity index is 2.42. The summed E-state index contributed by atoms with van der Waals surface area (Å²) < 4.78 is 17.7. The Morgan fingerprint density at radius 3 is 2.76 bits per heavy atom. The van der Waals surface area contributed by atoms with E-state index in [1.807, 2.05) is 0 Å². The Hall–Kier alpha value is -1.62. The second kappa shape index (κ2) is 6.85. The highest BCUT2D eigenvalue weighted by Gasteiger charge is 2.11. The largest absolute Gasteiger partial charge is 0.462 e. The molecule has 5 heteroatoms. The fraction of sp³-hybridized carbons (Fsp3) is 0.417. The lowest BCUT2D eigenvalue weighted by Gasteiger charge is -2.06. The lowest BCUT2D eigenvalue weighted by atomic mass is 10.2. The zero-order chi connectivity index (χ0) is 12.7. The van der Waals surface area contributed by atoms with Crippen LogP contribution < -0.4 is 5.73 Å². The van der Waals surface area contributed by atoms with E-state index in [0.29, 0.717) is 12.8 Å². The fourth-order valence-corrected chi connectivity index (χ4v) is 1.35. The van der Waals surface area contributed by atoms with Crippen molar-refractivity contribution < 1.29 is 19.0 Å². The van der Waals surface area contributed by atoms with E-state index in [4.69, 9.17) is 15.6 Å². The van der Waals surface area contributed by atoms with E-state index in [1.165, 1.54) is 12.1 Å². The molecule has 0 amide bonds. The monoisotopic (exact) mass is 241 g/mol. The van der Waals surface area contributed by atoms with Crippen LogP contribution in [0.1, 0.15) is 29.6 Å². The van der Waals surface area contributed by atoms with Crippen molar-refractivity contribution in [1.82, 2.24) is 0 Å². The Morgan fingerprint density at radius 1 is 1.35 bits per heavy atom. The SMILES string of the molecule is Nc1cc(F)ccc1C(=O)OCCCCCO. The number of carbonyl (C=O) groups excluding carboxylic acids is 1. The Kier molecular flexibility index (Phi) is 5.42. The molecule has 0 aromatic heterocycles. The molecule has 0 radical (unpaired) electrons. The van der Waals surface area contributed by atoms with Gasteiger partial charge in [0.1, 0.15) is 5.82 Å². The van der Waals surface area contributed by atoms with Crippen LogP contribution in [0.4, 0.5) is 10.1 Å². The molecule has 0 saturated carbocycles. The summed E-state index contributed by atoms with van der Waals surface area (Å²) in [5.41, 5.74) is 5.75. The highest BCUT2D eigenvalue weighted by atomic mass is 19.1. The molecule has 0 aliphatic heterocycles. The second-order valence-electron chi connectivity index (χ2n) is 3.65. The number of hydrogen-bond acceptors (Lipinski definition) is 4. The Bertz CT molecular complexity index is 382. The normalized spacial score (nSPS) is 10.2. The second-order valence-corrected chi connectivity index (χ2v) is 3.65. The molecular weight excluding hydrogens is 225 g/mol. The molecule has 4 nitrogen and oxygen atoms in total. The first kappa shape index (κ1) is 13.4. The van der Waals surface area contributed by atoms with E-state index in [-0.39, 0.29) is 24.5 Å². The number of ether oxygens (including phenoxy) is 1. The molecule has 17 heavy (non-hydrogen) atoms. The van der Waals surface area contributed by atoms with Gasteiger partial charge in [-0.25, -0.2) is 9.18 Å². The third-order valence-electron chi connectivity index (χ3n) is 2.27. The number of aliphatic hydroxyl groups is 1. The van der Waals surface area contributed by atoms with Crippen molar-refractivity contribution in [2.24, 2.45) is 0 Å². The highest BCUT2D eigenvalue weighted by Crippen LogP contribution is 2.14. The van der Waals surface area contributed by atoms with Gasteiger partial charge in [-0.3, -0.25) is 0 Å². The summed E-state index contributed by atoms with van der Waals surface area (Å²) in [5, 5.41) is 8.56. The molecule has 0 aliphatic rings. The van der Waals surface area contributed by atoms with Gasteiger partial charge >= 0.3 is 5.97 Å². The summed E-state index contributed by atoms with van der Waals surface area (Å²) >= 11 is 0. The number of nitrogen functional groups attached to an aromatic ring is 1. The molecule has 0 saturated heterocycles. The van der Waals surface area contributed by atoms with Gasteiger partial charge in [-0.1, -0.05) is 0 Å². The van der Waals surface area contributed by atoms with Crippen LogP contribution >= 0.6 is 0 Å². The van der Waals surface area contributed by atoms with Crippen LogP contribution in [0.25, 0.3) is 0 Å². The van der Waals surface area contributed by atoms with Gasteiger partial charge in [0.15, 0.2) is 0 Å². The van der Waals surface area contributed by atoms with Gasteiger partial charge in [0.2, 0.25) is 0 Å². The maximum absolute atomic E-state index is 12.7. The number of nitrogens with two attached hydrogens (primary N) is 1. The van der Waals surface area contributed by atoms with Crippen molar-refractivity contribution in [2.75, 3.05) is 18.9 Å². The van der Waals surface area contributed by atoms with Gasteiger partial charge in [0.05, 0.1) is 12.2 Å².